The molecule has 0 amide bonds. The van der Waals surface area contributed by atoms with Crippen molar-refractivity contribution in [3.63, 3.8) is 0 Å². The van der Waals surface area contributed by atoms with Crippen LogP contribution in [0.2, 0.25) is 5.02 Å². The Morgan fingerprint density at radius 2 is 1.73 bits per heavy atom. The van der Waals surface area contributed by atoms with Gasteiger partial charge >= 0.3 is 5.97 Å². The molecule has 30 heavy (non-hydrogen) atoms. The van der Waals surface area contributed by atoms with E-state index in [-0.39, 0.29) is 17.0 Å². The molecule has 3 aromatic rings. The number of aromatic carboxylic acids is 1. The van der Waals surface area contributed by atoms with Crippen molar-refractivity contribution in [2.45, 2.75) is 30.8 Å². The van der Waals surface area contributed by atoms with Crippen molar-refractivity contribution in [1.29, 1.82) is 0 Å². The van der Waals surface area contributed by atoms with E-state index in [2.05, 4.69) is 4.98 Å². The van der Waals surface area contributed by atoms with Gasteiger partial charge < -0.3 is 5.11 Å². The molecule has 0 radical (unpaired) electrons. The summed E-state index contributed by atoms with van der Waals surface area (Å²) in [6.45, 7) is 1.92. The van der Waals surface area contributed by atoms with E-state index >= 15 is 0 Å². The average Bonchev–Trinajstić information content (AvgIpc) is 2.75. The average molecular weight is 445 g/mol. The number of sulfonamides is 1. The highest BCUT2D eigenvalue weighted by molar-refractivity contribution is 7.89. The molecule has 1 unspecified atom stereocenters. The van der Waals surface area contributed by atoms with Crippen molar-refractivity contribution in [2.75, 3.05) is 0 Å². The van der Waals surface area contributed by atoms with Crippen LogP contribution in [0, 0.1) is 0 Å². The van der Waals surface area contributed by atoms with Gasteiger partial charge in [0.2, 0.25) is 10.0 Å². The van der Waals surface area contributed by atoms with Crippen molar-refractivity contribution in [1.82, 2.24) is 9.29 Å². The second-order valence-corrected chi connectivity index (χ2v) is 9.01. The topological polar surface area (TPSA) is 87.6 Å². The molecule has 1 N–H and O–H groups in total. The minimum Gasteiger partial charge on any atom is -0.478 e. The Bertz CT molecular complexity index is 1100. The molecule has 0 fully saturated rings. The van der Waals surface area contributed by atoms with E-state index in [1.165, 1.54) is 46.9 Å². The SMILES string of the molecule is CCC(c1ccccc1)N(Cc1ccc(C(=O)O)cn1)S(=O)(=O)c1ccc(Cl)cc1. The lowest BCUT2D eigenvalue weighted by atomic mass is 10.0. The highest BCUT2D eigenvalue weighted by atomic mass is 35.5. The number of rotatable bonds is 8. The number of halogens is 1. The molecule has 6 nitrogen and oxygen atoms in total. The molecule has 1 atom stereocenters. The third-order valence-corrected chi connectivity index (χ3v) is 6.85. The van der Waals surface area contributed by atoms with Crippen LogP contribution >= 0.6 is 11.6 Å². The summed E-state index contributed by atoms with van der Waals surface area (Å²) in [6.07, 6.45) is 1.78. The van der Waals surface area contributed by atoms with Gasteiger partial charge in [0.05, 0.1) is 28.7 Å². The van der Waals surface area contributed by atoms with Crippen LogP contribution in [-0.2, 0) is 16.6 Å². The lowest BCUT2D eigenvalue weighted by Gasteiger charge is -2.30. The van der Waals surface area contributed by atoms with E-state index in [1.54, 1.807) is 0 Å². The fraction of sp³-hybridized carbons (Fsp3) is 0.182. The standard InChI is InChI=1S/C22H21ClN2O4S/c1-2-21(16-6-4-3-5-7-16)25(15-19-11-8-17(14-24-19)22(26)27)30(28,29)20-12-9-18(23)10-13-20/h3-14,21H,2,15H2,1H3,(H,26,27). The Kier molecular flexibility index (Phi) is 6.87. The maximum Gasteiger partial charge on any atom is 0.337 e. The Morgan fingerprint density at radius 3 is 2.27 bits per heavy atom. The molecule has 0 bridgehead atoms. The summed E-state index contributed by atoms with van der Waals surface area (Å²) in [5, 5.41) is 9.52. The molecular formula is C22H21ClN2O4S. The van der Waals surface area contributed by atoms with Gasteiger partial charge in [-0.15, -0.1) is 0 Å². The first-order valence-corrected chi connectivity index (χ1v) is 11.1. The number of aromatic nitrogens is 1. The Labute approximate surface area is 180 Å². The maximum atomic E-state index is 13.6. The van der Waals surface area contributed by atoms with Crippen molar-refractivity contribution in [2.24, 2.45) is 0 Å². The van der Waals surface area contributed by atoms with Crippen molar-refractivity contribution in [3.05, 3.63) is 94.8 Å². The van der Waals surface area contributed by atoms with Gasteiger partial charge in [0.1, 0.15) is 0 Å². The van der Waals surface area contributed by atoms with Crippen LogP contribution in [0.4, 0.5) is 0 Å². The highest BCUT2D eigenvalue weighted by Gasteiger charge is 2.32. The lowest BCUT2D eigenvalue weighted by Crippen LogP contribution is -2.34. The van der Waals surface area contributed by atoms with E-state index in [9.17, 15) is 13.2 Å². The van der Waals surface area contributed by atoms with Crippen molar-refractivity contribution >= 4 is 27.6 Å². The second kappa shape index (κ2) is 9.38. The predicted octanol–water partition coefficient (Wildman–Crippen LogP) is 4.78. The van der Waals surface area contributed by atoms with E-state index < -0.39 is 22.0 Å². The zero-order chi connectivity index (χ0) is 21.7. The summed E-state index contributed by atoms with van der Waals surface area (Å²) in [4.78, 5) is 15.4. The molecule has 2 aromatic carbocycles. The first-order valence-electron chi connectivity index (χ1n) is 9.33. The number of carbonyl (C=O) groups is 1. The van der Waals surface area contributed by atoms with Crippen LogP contribution in [0.3, 0.4) is 0 Å². The minimum absolute atomic E-state index is 0.00173. The number of carboxylic acids is 1. The monoisotopic (exact) mass is 444 g/mol. The number of hydrogen-bond acceptors (Lipinski definition) is 4. The summed E-state index contributed by atoms with van der Waals surface area (Å²) in [7, 11) is -3.88. The molecule has 0 aliphatic carbocycles. The molecule has 3 rings (SSSR count). The van der Waals surface area contributed by atoms with Gasteiger partial charge in [-0.25, -0.2) is 13.2 Å². The number of benzene rings is 2. The molecule has 0 spiro atoms. The quantitative estimate of drug-likeness (QED) is 0.540. The van der Waals surface area contributed by atoms with Crippen LogP contribution in [0.5, 0.6) is 0 Å². The molecule has 0 saturated carbocycles. The van der Waals surface area contributed by atoms with Crippen LogP contribution < -0.4 is 0 Å². The fourth-order valence-electron chi connectivity index (χ4n) is 3.19. The van der Waals surface area contributed by atoms with Gasteiger partial charge in [0.15, 0.2) is 0 Å². The number of carboxylic acid groups (broad SMARTS) is 1. The summed E-state index contributed by atoms with van der Waals surface area (Å²) in [6, 6.07) is 17.9. The first kappa shape index (κ1) is 22.0. The summed E-state index contributed by atoms with van der Waals surface area (Å²) in [5.74, 6) is -1.09. The van der Waals surface area contributed by atoms with Crippen LogP contribution in [0.25, 0.3) is 0 Å². The van der Waals surface area contributed by atoms with Crippen LogP contribution in [0.15, 0.2) is 77.8 Å². The third kappa shape index (κ3) is 4.87. The zero-order valence-electron chi connectivity index (χ0n) is 16.3. The second-order valence-electron chi connectivity index (χ2n) is 6.68. The molecule has 8 heteroatoms. The Morgan fingerprint density at radius 1 is 1.07 bits per heavy atom. The van der Waals surface area contributed by atoms with Crippen LogP contribution in [0.1, 0.15) is 41.0 Å². The van der Waals surface area contributed by atoms with Gasteiger partial charge in [0, 0.05) is 11.2 Å². The van der Waals surface area contributed by atoms with Gasteiger partial charge in [0.25, 0.3) is 0 Å². The zero-order valence-corrected chi connectivity index (χ0v) is 17.8. The molecule has 1 heterocycles. The summed E-state index contributed by atoms with van der Waals surface area (Å²) in [5.41, 5.74) is 1.35. The largest absolute Gasteiger partial charge is 0.478 e. The van der Waals surface area contributed by atoms with Crippen molar-refractivity contribution in [3.8, 4) is 0 Å². The van der Waals surface area contributed by atoms with E-state index in [0.717, 1.165) is 5.56 Å². The maximum absolute atomic E-state index is 13.6. The van der Waals surface area contributed by atoms with Gasteiger partial charge in [-0.3, -0.25) is 4.98 Å². The van der Waals surface area contributed by atoms with Gasteiger partial charge in [-0.05, 0) is 48.4 Å². The number of nitrogens with zero attached hydrogens (tertiary/aromatic N) is 2. The Hall–Kier alpha value is -2.74. The van der Waals surface area contributed by atoms with E-state index in [1.807, 2.05) is 37.3 Å². The molecule has 1 aromatic heterocycles. The number of pyridine rings is 1. The fourth-order valence-corrected chi connectivity index (χ4v) is 4.97. The summed E-state index contributed by atoms with van der Waals surface area (Å²) < 4.78 is 28.5. The molecule has 156 valence electrons. The first-order chi connectivity index (χ1) is 14.3. The Balaban J connectivity index is 2.05. The molecule has 0 aliphatic heterocycles. The molecule has 0 saturated heterocycles. The lowest BCUT2D eigenvalue weighted by molar-refractivity contribution is 0.0696. The predicted molar refractivity (Wildman–Crippen MR) is 115 cm³/mol. The molecular weight excluding hydrogens is 424 g/mol. The third-order valence-electron chi connectivity index (χ3n) is 4.73. The van der Waals surface area contributed by atoms with E-state index in [4.69, 9.17) is 16.7 Å². The smallest absolute Gasteiger partial charge is 0.337 e. The number of hydrogen-bond donors (Lipinski definition) is 1. The normalized spacial score (nSPS) is 12.6. The highest BCUT2D eigenvalue weighted by Crippen LogP contribution is 2.32. The van der Waals surface area contributed by atoms with E-state index in [0.29, 0.717) is 17.1 Å². The van der Waals surface area contributed by atoms with Gasteiger partial charge in [-0.2, -0.15) is 4.31 Å². The van der Waals surface area contributed by atoms with Crippen LogP contribution in [-0.4, -0.2) is 28.8 Å². The summed E-state index contributed by atoms with van der Waals surface area (Å²) >= 11 is 5.93. The van der Waals surface area contributed by atoms with Crippen molar-refractivity contribution < 1.29 is 18.3 Å². The molecule has 0 aliphatic rings. The van der Waals surface area contributed by atoms with Gasteiger partial charge in [-0.1, -0.05) is 48.9 Å². The minimum atomic E-state index is -3.88.